The van der Waals surface area contributed by atoms with Gasteiger partial charge in [-0.3, -0.25) is 19.2 Å². The van der Waals surface area contributed by atoms with E-state index in [1.165, 1.54) is 16.9 Å². The van der Waals surface area contributed by atoms with Crippen LogP contribution in [0.1, 0.15) is 31.2 Å². The Labute approximate surface area is 219 Å². The first kappa shape index (κ1) is 24.0. The van der Waals surface area contributed by atoms with Crippen LogP contribution < -0.4 is 19.3 Å². The van der Waals surface area contributed by atoms with Crippen molar-refractivity contribution in [2.45, 2.75) is 32.6 Å². The van der Waals surface area contributed by atoms with Gasteiger partial charge in [-0.1, -0.05) is 11.6 Å². The summed E-state index contributed by atoms with van der Waals surface area (Å²) in [5.41, 5.74) is 1.72. The SMILES string of the molecule is COc1ccc(Cl)cc1N1C[C@H](C(=O)Oc2ccc(N3C(=O)[C@@H]4[C@H]5CC[C@@H](C5)[C@@H]4C3=O)c(C)c2)CC1=O. The highest BCUT2D eigenvalue weighted by molar-refractivity contribution is 6.31. The van der Waals surface area contributed by atoms with E-state index in [2.05, 4.69) is 0 Å². The summed E-state index contributed by atoms with van der Waals surface area (Å²) in [6, 6.07) is 9.90. The van der Waals surface area contributed by atoms with Crippen molar-refractivity contribution >= 4 is 46.7 Å². The smallest absolute Gasteiger partial charge is 0.316 e. The van der Waals surface area contributed by atoms with Gasteiger partial charge in [-0.25, -0.2) is 4.90 Å². The van der Waals surface area contributed by atoms with Crippen LogP contribution in [0.3, 0.4) is 0 Å². The Morgan fingerprint density at radius 3 is 2.32 bits per heavy atom. The molecule has 3 amide bonds. The monoisotopic (exact) mass is 522 g/mol. The van der Waals surface area contributed by atoms with Gasteiger partial charge in [0, 0.05) is 18.0 Å². The molecule has 37 heavy (non-hydrogen) atoms. The summed E-state index contributed by atoms with van der Waals surface area (Å²) in [4.78, 5) is 54.9. The van der Waals surface area contributed by atoms with Crippen LogP contribution in [0.5, 0.6) is 11.5 Å². The number of hydrogen-bond acceptors (Lipinski definition) is 6. The molecule has 0 N–H and O–H groups in total. The molecule has 8 nitrogen and oxygen atoms in total. The second kappa shape index (κ2) is 8.87. The number of carbonyl (C=O) groups is 4. The standard InChI is InChI=1S/C28H27ClN2O6/c1-14-9-19(6-7-20(14)31-26(33)24-15-3-4-16(10-15)25(24)27(31)34)37-28(35)17-11-23(32)30(13-17)21-12-18(29)5-8-22(21)36-2/h5-9,12,15-17,24-25H,3-4,10-11,13H2,1-2H3/t15-,16-,17+,24-,25+/m0/s1. The molecule has 2 aromatic carbocycles. The van der Waals surface area contributed by atoms with E-state index in [9.17, 15) is 19.2 Å². The Hall–Kier alpha value is -3.39. The van der Waals surface area contributed by atoms with Gasteiger partial charge < -0.3 is 14.4 Å². The fourth-order valence-corrected chi connectivity index (χ4v) is 6.93. The molecule has 4 aliphatic rings. The quantitative estimate of drug-likeness (QED) is 0.333. The Balaban J connectivity index is 1.16. The third-order valence-corrected chi connectivity index (χ3v) is 8.68. The van der Waals surface area contributed by atoms with Crippen molar-refractivity contribution in [1.82, 2.24) is 0 Å². The molecule has 192 valence electrons. The Morgan fingerprint density at radius 2 is 1.68 bits per heavy atom. The molecule has 0 spiro atoms. The van der Waals surface area contributed by atoms with Gasteiger partial charge in [0.25, 0.3) is 0 Å². The average Bonchev–Trinajstić information content (AvgIpc) is 3.63. The average molecular weight is 523 g/mol. The number of anilines is 2. The number of aryl methyl sites for hydroxylation is 1. The third kappa shape index (κ3) is 3.81. The molecule has 0 unspecified atom stereocenters. The highest BCUT2D eigenvalue weighted by Crippen LogP contribution is 2.56. The van der Waals surface area contributed by atoms with E-state index in [1.54, 1.807) is 43.3 Å². The summed E-state index contributed by atoms with van der Waals surface area (Å²) < 4.78 is 11.0. The van der Waals surface area contributed by atoms with E-state index in [-0.39, 0.29) is 42.5 Å². The van der Waals surface area contributed by atoms with Crippen LogP contribution in [-0.2, 0) is 19.2 Å². The maximum absolute atomic E-state index is 13.2. The van der Waals surface area contributed by atoms with E-state index < -0.39 is 11.9 Å². The number of hydrogen-bond donors (Lipinski definition) is 0. The van der Waals surface area contributed by atoms with E-state index in [4.69, 9.17) is 21.1 Å². The lowest BCUT2D eigenvalue weighted by Gasteiger charge is -2.20. The second-order valence-electron chi connectivity index (χ2n) is 10.5. The van der Waals surface area contributed by atoms with Gasteiger partial charge in [-0.2, -0.15) is 0 Å². The third-order valence-electron chi connectivity index (χ3n) is 8.45. The van der Waals surface area contributed by atoms with Gasteiger partial charge in [0.2, 0.25) is 17.7 Å². The number of ether oxygens (including phenoxy) is 2. The van der Waals surface area contributed by atoms with Gasteiger partial charge in [0.15, 0.2) is 0 Å². The van der Waals surface area contributed by atoms with Crippen LogP contribution in [0.15, 0.2) is 36.4 Å². The molecule has 2 bridgehead atoms. The van der Waals surface area contributed by atoms with Crippen molar-refractivity contribution in [1.29, 1.82) is 0 Å². The number of imide groups is 1. The fourth-order valence-electron chi connectivity index (χ4n) is 6.76. The summed E-state index contributed by atoms with van der Waals surface area (Å²) in [7, 11) is 1.50. The predicted molar refractivity (Wildman–Crippen MR) is 136 cm³/mol. The van der Waals surface area contributed by atoms with Crippen LogP contribution in [0, 0.1) is 36.5 Å². The number of amides is 3. The maximum Gasteiger partial charge on any atom is 0.316 e. The first-order chi connectivity index (χ1) is 17.8. The minimum Gasteiger partial charge on any atom is -0.495 e. The molecule has 2 aromatic rings. The first-order valence-electron chi connectivity index (χ1n) is 12.6. The number of benzene rings is 2. The zero-order valence-corrected chi connectivity index (χ0v) is 21.4. The lowest BCUT2D eigenvalue weighted by atomic mass is 9.81. The lowest BCUT2D eigenvalue weighted by Crippen LogP contribution is -2.33. The molecule has 2 saturated carbocycles. The molecule has 2 saturated heterocycles. The minimum absolute atomic E-state index is 0.00740. The molecular weight excluding hydrogens is 496 g/mol. The minimum atomic E-state index is -0.659. The van der Waals surface area contributed by atoms with Crippen molar-refractivity contribution in [3.8, 4) is 11.5 Å². The summed E-state index contributed by atoms with van der Waals surface area (Å²) in [6.07, 6.45) is 3.04. The number of rotatable bonds is 5. The van der Waals surface area contributed by atoms with Crippen molar-refractivity contribution in [3.05, 3.63) is 47.0 Å². The lowest BCUT2D eigenvalue weighted by molar-refractivity contribution is -0.139. The van der Waals surface area contributed by atoms with Crippen molar-refractivity contribution < 1.29 is 28.7 Å². The van der Waals surface area contributed by atoms with Gasteiger partial charge in [0.05, 0.1) is 36.2 Å². The zero-order valence-electron chi connectivity index (χ0n) is 20.6. The maximum atomic E-state index is 13.2. The normalized spacial score (nSPS) is 28.3. The van der Waals surface area contributed by atoms with Gasteiger partial charge in [-0.15, -0.1) is 0 Å². The number of fused-ring (bicyclic) bond motifs is 5. The molecule has 2 aliphatic carbocycles. The van der Waals surface area contributed by atoms with Gasteiger partial charge >= 0.3 is 5.97 Å². The second-order valence-corrected chi connectivity index (χ2v) is 10.9. The molecule has 6 rings (SSSR count). The molecule has 5 atom stereocenters. The van der Waals surface area contributed by atoms with Crippen LogP contribution in [-0.4, -0.2) is 37.3 Å². The van der Waals surface area contributed by atoms with Crippen LogP contribution in [0.25, 0.3) is 0 Å². The fraction of sp³-hybridized carbons (Fsp3) is 0.429. The highest BCUT2D eigenvalue weighted by atomic mass is 35.5. The molecular formula is C28H27ClN2O6. The number of esters is 1. The Bertz CT molecular complexity index is 1310. The summed E-state index contributed by atoms with van der Waals surface area (Å²) in [6.45, 7) is 1.94. The molecule has 0 aromatic heterocycles. The predicted octanol–water partition coefficient (Wildman–Crippen LogP) is 4.15. The number of methoxy groups -OCH3 is 1. The molecule has 2 heterocycles. The van der Waals surface area contributed by atoms with Crippen molar-refractivity contribution in [3.63, 3.8) is 0 Å². The van der Waals surface area contributed by atoms with E-state index in [0.29, 0.717) is 45.3 Å². The Morgan fingerprint density at radius 1 is 0.973 bits per heavy atom. The largest absolute Gasteiger partial charge is 0.495 e. The summed E-state index contributed by atoms with van der Waals surface area (Å²) >= 11 is 6.11. The van der Waals surface area contributed by atoms with E-state index >= 15 is 0 Å². The molecule has 4 fully saturated rings. The van der Waals surface area contributed by atoms with Crippen LogP contribution >= 0.6 is 11.6 Å². The molecule has 2 aliphatic heterocycles. The van der Waals surface area contributed by atoms with E-state index in [1.807, 2.05) is 0 Å². The van der Waals surface area contributed by atoms with E-state index in [0.717, 1.165) is 19.3 Å². The summed E-state index contributed by atoms with van der Waals surface area (Å²) in [5.74, 6) is -0.566. The van der Waals surface area contributed by atoms with Crippen LogP contribution in [0.4, 0.5) is 11.4 Å². The van der Waals surface area contributed by atoms with Crippen LogP contribution in [0.2, 0.25) is 5.02 Å². The number of carbonyl (C=O) groups excluding carboxylic acids is 4. The molecule has 9 heteroatoms. The highest BCUT2D eigenvalue weighted by Gasteiger charge is 2.61. The summed E-state index contributed by atoms with van der Waals surface area (Å²) in [5, 5.41) is 0.455. The van der Waals surface area contributed by atoms with Crippen molar-refractivity contribution in [2.24, 2.45) is 29.6 Å². The van der Waals surface area contributed by atoms with Crippen molar-refractivity contribution in [2.75, 3.05) is 23.5 Å². The topological polar surface area (TPSA) is 93.2 Å². The Kier molecular flexibility index (Phi) is 5.75. The number of nitrogens with zero attached hydrogens (tertiary/aromatic N) is 2. The first-order valence-corrected chi connectivity index (χ1v) is 13.0. The number of halogens is 1. The van der Waals surface area contributed by atoms with Gasteiger partial charge in [0.1, 0.15) is 11.5 Å². The zero-order chi connectivity index (χ0) is 26.0. The van der Waals surface area contributed by atoms with Gasteiger partial charge in [-0.05, 0) is 80.0 Å². The molecule has 0 radical (unpaired) electrons.